The van der Waals surface area contributed by atoms with Crippen molar-refractivity contribution < 1.29 is 18.2 Å². The van der Waals surface area contributed by atoms with Gasteiger partial charge >= 0.3 is 14.7 Å². The van der Waals surface area contributed by atoms with Crippen LogP contribution in [0.25, 0.3) is 0 Å². The predicted octanol–water partition coefficient (Wildman–Crippen LogP) is 10.1. The molecule has 0 heterocycles. The van der Waals surface area contributed by atoms with Crippen LogP contribution in [0.2, 0.25) is 0 Å². The van der Waals surface area contributed by atoms with E-state index in [1.807, 2.05) is 158 Å². The van der Waals surface area contributed by atoms with Crippen molar-refractivity contribution in [2.45, 2.75) is 32.1 Å². The van der Waals surface area contributed by atoms with Crippen LogP contribution in [0.5, 0.6) is 11.5 Å². The molecule has 256 valence electrons. The molecule has 0 fully saturated rings. The monoisotopic (exact) mass is 708 g/mol. The first kappa shape index (κ1) is 35.7. The largest absolute Gasteiger partial charge is 0.437 e. The summed E-state index contributed by atoms with van der Waals surface area (Å²) in [5, 5.41) is 2.52. The maximum atomic E-state index is 14.8. The second-order valence-corrected chi connectivity index (χ2v) is 17.5. The Morgan fingerprint density at radius 3 is 1.06 bits per heavy atom. The predicted molar refractivity (Wildman–Crippen MR) is 214 cm³/mol. The Morgan fingerprint density at radius 1 is 0.490 bits per heavy atom. The topological polar surface area (TPSA) is 52.6 Å². The minimum absolute atomic E-state index is 0.450. The highest BCUT2D eigenvalue weighted by molar-refractivity contribution is 7.75. The van der Waals surface area contributed by atoms with Crippen molar-refractivity contribution >= 4 is 36.0 Å². The zero-order valence-corrected chi connectivity index (χ0v) is 30.8. The summed E-state index contributed by atoms with van der Waals surface area (Å²) in [6.07, 6.45) is 4.74. The van der Waals surface area contributed by atoms with Gasteiger partial charge in [0.1, 0.15) is 11.5 Å². The van der Waals surface area contributed by atoms with E-state index in [1.165, 1.54) is 0 Å². The zero-order chi connectivity index (χ0) is 35.9. The molecule has 0 radical (unpaired) electrons. The Labute approximate surface area is 302 Å². The van der Waals surface area contributed by atoms with E-state index in [0.29, 0.717) is 45.6 Å². The Balaban J connectivity index is 1.37. The molecule has 4 nitrogen and oxygen atoms in total. The Kier molecular flexibility index (Phi) is 10.8. The van der Waals surface area contributed by atoms with E-state index in [0.717, 1.165) is 22.3 Å². The van der Waals surface area contributed by atoms with Crippen LogP contribution in [-0.2, 0) is 27.4 Å². The average molecular weight is 709 g/mol. The standard InChI is InChI=1S/C45H42O4P2/c1-5-19-35-33-37(29-31-43(35)48-50(46,39-21-11-7-12-22-39)40-23-13-8-14-24-40)45(3,4)38-30-32-44(36(34-38)20-6-2)49-51(47,41-25-15-9-16-26-41)42-27-17-10-18-28-42/h5-18,21-34H,1-2,19-20H2,3-4H3. The molecular formula is C45H42O4P2. The summed E-state index contributed by atoms with van der Waals surface area (Å²) in [6.45, 7) is 12.4. The molecule has 0 amide bonds. The first-order chi connectivity index (χ1) is 24.7. The third-order valence-electron chi connectivity index (χ3n) is 9.13. The molecule has 0 aliphatic heterocycles. The molecule has 0 spiro atoms. The van der Waals surface area contributed by atoms with Crippen molar-refractivity contribution in [3.8, 4) is 11.5 Å². The Hall–Kier alpha value is -5.14. The van der Waals surface area contributed by atoms with Crippen LogP contribution < -0.4 is 30.3 Å². The third kappa shape index (κ3) is 7.49. The molecule has 0 bridgehead atoms. The molecule has 0 aliphatic rings. The fourth-order valence-electron chi connectivity index (χ4n) is 6.19. The van der Waals surface area contributed by atoms with Gasteiger partial charge in [0, 0.05) is 5.41 Å². The van der Waals surface area contributed by atoms with Gasteiger partial charge in [0.15, 0.2) is 0 Å². The second kappa shape index (κ2) is 15.4. The van der Waals surface area contributed by atoms with E-state index in [1.54, 1.807) is 0 Å². The van der Waals surface area contributed by atoms with Crippen molar-refractivity contribution in [2.75, 3.05) is 0 Å². The highest BCUT2D eigenvalue weighted by Crippen LogP contribution is 2.49. The second-order valence-electron chi connectivity index (χ2n) is 12.9. The molecule has 0 saturated heterocycles. The first-order valence-electron chi connectivity index (χ1n) is 17.0. The molecule has 6 heteroatoms. The van der Waals surface area contributed by atoms with E-state index >= 15 is 0 Å². The molecule has 0 atom stereocenters. The van der Waals surface area contributed by atoms with E-state index in [-0.39, 0.29) is 0 Å². The smallest absolute Gasteiger partial charge is 0.306 e. The number of allylic oxidation sites excluding steroid dienone is 2. The minimum atomic E-state index is -3.47. The van der Waals surface area contributed by atoms with Gasteiger partial charge in [-0.05, 0) is 95.8 Å². The van der Waals surface area contributed by atoms with Crippen molar-refractivity contribution in [2.24, 2.45) is 0 Å². The number of hydrogen-bond acceptors (Lipinski definition) is 4. The van der Waals surface area contributed by atoms with E-state index < -0.39 is 20.2 Å². The van der Waals surface area contributed by atoms with Gasteiger partial charge in [-0.15, -0.1) is 13.2 Å². The summed E-state index contributed by atoms with van der Waals surface area (Å²) in [7, 11) is -6.95. The van der Waals surface area contributed by atoms with E-state index in [2.05, 4.69) is 39.1 Å². The first-order valence-corrected chi connectivity index (χ1v) is 20.2. The third-order valence-corrected chi connectivity index (χ3v) is 14.0. The van der Waals surface area contributed by atoms with Crippen LogP contribution in [0.4, 0.5) is 0 Å². The summed E-state index contributed by atoms with van der Waals surface area (Å²) in [4.78, 5) is 0. The van der Waals surface area contributed by atoms with Crippen molar-refractivity contribution in [1.29, 1.82) is 0 Å². The Morgan fingerprint density at radius 2 is 0.784 bits per heavy atom. The van der Waals surface area contributed by atoms with Crippen LogP contribution >= 0.6 is 14.7 Å². The summed E-state index contributed by atoms with van der Waals surface area (Å²) in [5.41, 5.74) is 3.44. The molecule has 0 N–H and O–H groups in total. The number of benzene rings is 6. The van der Waals surface area contributed by atoms with Gasteiger partial charge in [0.05, 0.1) is 21.2 Å². The highest BCUT2D eigenvalue weighted by atomic mass is 31.2. The molecule has 6 aromatic rings. The van der Waals surface area contributed by atoms with Gasteiger partial charge in [-0.2, -0.15) is 0 Å². The molecular weight excluding hydrogens is 666 g/mol. The average Bonchev–Trinajstić information content (AvgIpc) is 3.17. The van der Waals surface area contributed by atoms with Crippen LogP contribution in [0.15, 0.2) is 183 Å². The number of rotatable bonds is 14. The van der Waals surface area contributed by atoms with Crippen LogP contribution in [0.1, 0.15) is 36.1 Å². The molecule has 6 aromatic carbocycles. The summed E-state index contributed by atoms with van der Waals surface area (Å²) in [6, 6.07) is 49.6. The van der Waals surface area contributed by atoms with Gasteiger partial charge in [-0.3, -0.25) is 9.13 Å². The maximum Gasteiger partial charge on any atom is 0.306 e. The molecule has 0 unspecified atom stereocenters. The molecule has 6 rings (SSSR count). The SMILES string of the molecule is C=CCc1cc(C(C)(C)c2ccc(OP(=O)(c3ccccc3)c3ccccc3)c(CC=C)c2)ccc1OP(=O)(c1ccccc1)c1ccccc1. The lowest BCUT2D eigenvalue weighted by molar-refractivity contribution is 0.499. The van der Waals surface area contributed by atoms with Crippen LogP contribution in [-0.4, -0.2) is 0 Å². The van der Waals surface area contributed by atoms with Gasteiger partial charge < -0.3 is 9.05 Å². The lowest BCUT2D eigenvalue weighted by Crippen LogP contribution is -2.22. The summed E-state index contributed by atoms with van der Waals surface area (Å²) in [5.74, 6) is 1.11. The molecule has 0 aromatic heterocycles. The van der Waals surface area contributed by atoms with Crippen molar-refractivity contribution in [3.05, 3.63) is 205 Å². The summed E-state index contributed by atoms with van der Waals surface area (Å²) >= 11 is 0. The van der Waals surface area contributed by atoms with E-state index in [4.69, 9.17) is 9.05 Å². The van der Waals surface area contributed by atoms with Crippen LogP contribution in [0, 0.1) is 0 Å². The van der Waals surface area contributed by atoms with Gasteiger partial charge in [-0.25, -0.2) is 0 Å². The van der Waals surface area contributed by atoms with Crippen LogP contribution in [0.3, 0.4) is 0 Å². The van der Waals surface area contributed by atoms with Crippen molar-refractivity contribution in [1.82, 2.24) is 0 Å². The quantitative estimate of drug-likeness (QED) is 0.0835. The normalized spacial score (nSPS) is 11.8. The minimum Gasteiger partial charge on any atom is -0.437 e. The lowest BCUT2D eigenvalue weighted by atomic mass is 9.77. The molecule has 51 heavy (non-hydrogen) atoms. The van der Waals surface area contributed by atoms with Crippen molar-refractivity contribution in [3.63, 3.8) is 0 Å². The summed E-state index contributed by atoms with van der Waals surface area (Å²) < 4.78 is 42.7. The van der Waals surface area contributed by atoms with E-state index in [9.17, 15) is 9.13 Å². The van der Waals surface area contributed by atoms with Gasteiger partial charge in [-0.1, -0.05) is 123 Å². The fraction of sp³-hybridized carbons (Fsp3) is 0.111. The number of hydrogen-bond donors (Lipinski definition) is 0. The van der Waals surface area contributed by atoms with Gasteiger partial charge in [0.2, 0.25) is 0 Å². The zero-order valence-electron chi connectivity index (χ0n) is 29.0. The molecule has 0 saturated carbocycles. The molecule has 0 aliphatic carbocycles. The lowest BCUT2D eigenvalue weighted by Gasteiger charge is -2.29. The highest BCUT2D eigenvalue weighted by Gasteiger charge is 2.33. The van der Waals surface area contributed by atoms with Gasteiger partial charge in [0.25, 0.3) is 0 Å². The Bertz CT molecular complexity index is 1970. The fourth-order valence-corrected chi connectivity index (χ4v) is 10.4. The maximum absolute atomic E-state index is 14.8.